The van der Waals surface area contributed by atoms with Gasteiger partial charge in [-0.25, -0.2) is 8.42 Å². The molecule has 0 aliphatic carbocycles. The molecule has 1 aromatic carbocycles. The predicted molar refractivity (Wildman–Crippen MR) is 79.2 cm³/mol. The lowest BCUT2D eigenvalue weighted by Crippen LogP contribution is -2.28. The van der Waals surface area contributed by atoms with E-state index in [-0.39, 0.29) is 26.4 Å². The molecule has 0 radical (unpaired) electrons. The molecule has 0 aromatic heterocycles. The van der Waals surface area contributed by atoms with Crippen molar-refractivity contribution in [3.63, 3.8) is 0 Å². The Balaban J connectivity index is 2.44. The molecule has 1 heterocycles. The summed E-state index contributed by atoms with van der Waals surface area (Å²) < 4.78 is 22.9. The summed E-state index contributed by atoms with van der Waals surface area (Å²) in [6.45, 7) is 3.30. The minimum absolute atomic E-state index is 0.101. The molecule has 0 bridgehead atoms. The van der Waals surface area contributed by atoms with Gasteiger partial charge in [-0.3, -0.25) is 4.79 Å². The first-order chi connectivity index (χ1) is 9.20. The van der Waals surface area contributed by atoms with Gasteiger partial charge in [0.25, 0.3) is 15.0 Å². The predicted octanol–water partition coefficient (Wildman–Crippen LogP) is 3.40. The zero-order chi connectivity index (χ0) is 15.1. The number of hydrogen-bond donors (Lipinski definition) is 0. The van der Waals surface area contributed by atoms with E-state index in [1.807, 2.05) is 6.92 Å². The average Bonchev–Trinajstić information content (AvgIpc) is 2.73. The van der Waals surface area contributed by atoms with Gasteiger partial charge in [-0.1, -0.05) is 30.1 Å². The summed E-state index contributed by atoms with van der Waals surface area (Å²) in [5, 5.41) is 0.0139. The fourth-order valence-corrected chi connectivity index (χ4v) is 3.99. The van der Waals surface area contributed by atoms with Crippen molar-refractivity contribution in [3.8, 4) is 0 Å². The number of hydrogen-bond acceptors (Lipinski definition) is 3. The van der Waals surface area contributed by atoms with E-state index < -0.39 is 9.05 Å². The normalized spacial score (nSPS) is 19.4. The van der Waals surface area contributed by atoms with E-state index in [4.69, 9.17) is 33.9 Å². The molecule has 8 heteroatoms. The quantitative estimate of drug-likeness (QED) is 0.763. The number of amides is 1. The van der Waals surface area contributed by atoms with E-state index in [2.05, 4.69) is 0 Å². The summed E-state index contributed by atoms with van der Waals surface area (Å²) >= 11 is 11.8. The van der Waals surface area contributed by atoms with E-state index in [0.29, 0.717) is 19.0 Å². The lowest BCUT2D eigenvalue weighted by molar-refractivity contribution is 0.0788. The van der Waals surface area contributed by atoms with Crippen LogP contribution in [0.4, 0.5) is 0 Å². The Kier molecular flexibility index (Phi) is 4.54. The first kappa shape index (κ1) is 15.9. The smallest absolute Gasteiger partial charge is 0.262 e. The third-order valence-corrected chi connectivity index (χ3v) is 5.33. The van der Waals surface area contributed by atoms with Gasteiger partial charge in [-0.2, -0.15) is 0 Å². The van der Waals surface area contributed by atoms with Crippen LogP contribution in [0.15, 0.2) is 17.0 Å². The maximum atomic E-state index is 12.4. The van der Waals surface area contributed by atoms with Gasteiger partial charge in [0.05, 0.1) is 15.6 Å². The monoisotopic (exact) mass is 355 g/mol. The fraction of sp³-hybridized carbons (Fsp3) is 0.417. The first-order valence-corrected chi connectivity index (χ1v) is 8.99. The number of rotatable bonds is 2. The van der Waals surface area contributed by atoms with Crippen LogP contribution in [0.1, 0.15) is 23.7 Å². The number of halogens is 3. The summed E-state index contributed by atoms with van der Waals surface area (Å²) in [6, 6.07) is 2.36. The SMILES string of the molecule is CC1CCN(C(=O)c2cc(S(=O)(=O)Cl)c(Cl)cc2Cl)C1. The molecule has 2 rings (SSSR count). The Morgan fingerprint density at radius 1 is 1.30 bits per heavy atom. The summed E-state index contributed by atoms with van der Waals surface area (Å²) in [5.74, 6) is 0.110. The number of benzene rings is 1. The van der Waals surface area contributed by atoms with Crippen LogP contribution in [-0.4, -0.2) is 32.3 Å². The van der Waals surface area contributed by atoms with Crippen molar-refractivity contribution in [2.75, 3.05) is 13.1 Å². The highest BCUT2D eigenvalue weighted by Gasteiger charge is 2.27. The molecule has 1 aromatic rings. The highest BCUT2D eigenvalue weighted by molar-refractivity contribution is 8.13. The Hall–Kier alpha value is -0.490. The number of nitrogens with zero attached hydrogens (tertiary/aromatic N) is 1. The van der Waals surface area contributed by atoms with E-state index in [1.165, 1.54) is 6.07 Å². The van der Waals surface area contributed by atoms with Gasteiger partial charge in [0.15, 0.2) is 0 Å². The van der Waals surface area contributed by atoms with Crippen LogP contribution in [0.5, 0.6) is 0 Å². The van der Waals surface area contributed by atoms with Gasteiger partial charge in [0, 0.05) is 23.8 Å². The van der Waals surface area contributed by atoms with Crippen molar-refractivity contribution >= 4 is 48.8 Å². The first-order valence-electron chi connectivity index (χ1n) is 5.93. The van der Waals surface area contributed by atoms with Crippen LogP contribution in [0.25, 0.3) is 0 Å². The molecule has 0 saturated carbocycles. The molecule has 1 fully saturated rings. The maximum absolute atomic E-state index is 12.4. The lowest BCUT2D eigenvalue weighted by atomic mass is 10.2. The summed E-state index contributed by atoms with van der Waals surface area (Å²) in [7, 11) is 1.27. The van der Waals surface area contributed by atoms with Crippen LogP contribution >= 0.6 is 33.9 Å². The van der Waals surface area contributed by atoms with Gasteiger partial charge in [-0.15, -0.1) is 0 Å². The maximum Gasteiger partial charge on any atom is 0.262 e. The van der Waals surface area contributed by atoms with Crippen molar-refractivity contribution in [2.45, 2.75) is 18.2 Å². The van der Waals surface area contributed by atoms with Crippen LogP contribution in [0, 0.1) is 5.92 Å². The zero-order valence-electron chi connectivity index (χ0n) is 10.6. The van der Waals surface area contributed by atoms with E-state index in [0.717, 1.165) is 12.5 Å². The number of carbonyl (C=O) groups is 1. The Morgan fingerprint density at radius 3 is 2.45 bits per heavy atom. The molecule has 20 heavy (non-hydrogen) atoms. The van der Waals surface area contributed by atoms with E-state index in [1.54, 1.807) is 4.90 Å². The minimum atomic E-state index is -4.03. The van der Waals surface area contributed by atoms with Crippen molar-refractivity contribution in [3.05, 3.63) is 27.7 Å². The molecule has 1 aliphatic heterocycles. The highest BCUT2D eigenvalue weighted by Crippen LogP contribution is 2.32. The topological polar surface area (TPSA) is 54.5 Å². The molecule has 1 saturated heterocycles. The summed E-state index contributed by atoms with van der Waals surface area (Å²) in [6.07, 6.45) is 0.914. The Morgan fingerprint density at radius 2 is 1.95 bits per heavy atom. The van der Waals surface area contributed by atoms with Crippen molar-refractivity contribution < 1.29 is 13.2 Å². The summed E-state index contributed by atoms with van der Waals surface area (Å²) in [4.78, 5) is 13.7. The van der Waals surface area contributed by atoms with Crippen LogP contribution < -0.4 is 0 Å². The van der Waals surface area contributed by atoms with Gasteiger partial charge < -0.3 is 4.90 Å². The minimum Gasteiger partial charge on any atom is -0.338 e. The third-order valence-electron chi connectivity index (χ3n) is 3.23. The van der Waals surface area contributed by atoms with Crippen molar-refractivity contribution in [1.29, 1.82) is 0 Å². The van der Waals surface area contributed by atoms with E-state index in [9.17, 15) is 13.2 Å². The second-order valence-corrected chi connectivity index (χ2v) is 8.19. The standard InChI is InChI=1S/C12H12Cl3NO3S/c1-7-2-3-16(6-7)12(17)8-4-11(20(15,18)19)10(14)5-9(8)13/h4-5,7H,2-3,6H2,1H3. The second kappa shape index (κ2) is 5.72. The third kappa shape index (κ3) is 3.22. The molecule has 1 aliphatic rings. The molecule has 1 amide bonds. The molecule has 0 spiro atoms. The molecule has 1 atom stereocenters. The summed E-state index contributed by atoms with van der Waals surface area (Å²) in [5.41, 5.74) is 0.101. The molecule has 4 nitrogen and oxygen atoms in total. The number of carbonyl (C=O) groups excluding carboxylic acids is 1. The lowest BCUT2D eigenvalue weighted by Gasteiger charge is -2.17. The van der Waals surface area contributed by atoms with Crippen LogP contribution in [0.3, 0.4) is 0 Å². The van der Waals surface area contributed by atoms with Gasteiger partial charge in [-0.05, 0) is 24.5 Å². The molecule has 110 valence electrons. The molecule has 0 N–H and O–H groups in total. The van der Waals surface area contributed by atoms with Gasteiger partial charge in [0.2, 0.25) is 0 Å². The molecular formula is C12H12Cl3NO3S. The van der Waals surface area contributed by atoms with Crippen molar-refractivity contribution in [2.24, 2.45) is 5.92 Å². The van der Waals surface area contributed by atoms with Gasteiger partial charge in [0.1, 0.15) is 4.90 Å². The Bertz CT molecular complexity index is 660. The van der Waals surface area contributed by atoms with Crippen LogP contribution in [-0.2, 0) is 9.05 Å². The largest absolute Gasteiger partial charge is 0.338 e. The Labute approximate surface area is 132 Å². The average molecular weight is 357 g/mol. The van der Waals surface area contributed by atoms with Crippen LogP contribution in [0.2, 0.25) is 10.0 Å². The fourth-order valence-electron chi connectivity index (χ4n) is 2.17. The number of likely N-dealkylation sites (tertiary alicyclic amines) is 1. The highest BCUT2D eigenvalue weighted by atomic mass is 35.7. The van der Waals surface area contributed by atoms with E-state index >= 15 is 0 Å². The van der Waals surface area contributed by atoms with Gasteiger partial charge >= 0.3 is 0 Å². The zero-order valence-corrected chi connectivity index (χ0v) is 13.7. The molecule has 1 unspecified atom stereocenters. The second-order valence-electron chi connectivity index (χ2n) is 4.85. The molecular weight excluding hydrogens is 345 g/mol. The van der Waals surface area contributed by atoms with Crippen molar-refractivity contribution in [1.82, 2.24) is 4.90 Å².